The number of nitrogens with one attached hydrogen (secondary N) is 4. The van der Waals surface area contributed by atoms with Gasteiger partial charge in [0, 0.05) is 0 Å². The van der Waals surface area contributed by atoms with E-state index < -0.39 is 58.3 Å². The molecule has 12 aromatic heterocycles. The Balaban J connectivity index is 0.000000127. The van der Waals surface area contributed by atoms with Gasteiger partial charge < -0.3 is 62.1 Å². The average molecular weight is 1880 g/mol. The fourth-order valence-corrected chi connectivity index (χ4v) is 15.7. The standard InChI is InChI=1S/2C25H22FN7O2.C23H19ClN8O2.C23H19FN8O2/c1-3-17(31-22-20(21(27)28-13-29-22)24-30-14(2)12-35-24)23-32-18-11-7-10-16(26)19(18)25(34)33(23)15-8-5-4-6-9-15;1-3-17(31-22-20(21(27)29-13-30-22)24-28-12-14(2)35-24)23-32-18-11-7-10-16(26)19(18)25(34)33(23)15-8-5-4-6-9-15;1-12(28-20-18(19(25)26-11-27-20)22-29-13(2)31-34-22)21-30-16-10-6-9-15(24)17(16)23(33)32(21)14-7-4-3-5-8-14;1-2-15(29-20-18(19(25)26-11-27-20)21-28-12-34-31-21)22-30-16-10-6-9-14(24)17(16)23(33)32(22)13-7-4-3-5-8-13/h4-13,17H,3H2,1-2H3,(H3,27,28,29,31);4-13,17H,3H2,1-2H3,(H3,27,29,30,31);3-12H,1-2H3,(H3,25,26,27,28);3-12,15H,2H2,1H3,(H3,25,26,27,29)/t2*17-;12-;15-/m0000/s1. The number of anilines is 8. The summed E-state index contributed by atoms with van der Waals surface area (Å²) in [6.45, 7) is 12.9. The summed E-state index contributed by atoms with van der Waals surface area (Å²) >= 11 is 6.37. The topological polar surface area (TPSA) is 525 Å². The molecule has 0 bridgehead atoms. The van der Waals surface area contributed by atoms with E-state index in [1.54, 1.807) is 136 Å². The second-order valence-electron chi connectivity index (χ2n) is 30.9. The Morgan fingerprint density at radius 1 is 0.384 bits per heavy atom. The lowest BCUT2D eigenvalue weighted by atomic mass is 10.1. The van der Waals surface area contributed by atoms with Gasteiger partial charge in [0.05, 0.1) is 91.3 Å². The molecule has 12 heterocycles. The Kier molecular flexibility index (Phi) is 26.6. The number of nitrogens with two attached hydrogens (primary N) is 4. The highest BCUT2D eigenvalue weighted by molar-refractivity contribution is 6.35. The van der Waals surface area contributed by atoms with E-state index in [1.807, 2.05) is 76.2 Å². The second-order valence-corrected chi connectivity index (χ2v) is 31.3. The Morgan fingerprint density at radius 2 is 0.746 bits per heavy atom. The van der Waals surface area contributed by atoms with Gasteiger partial charge in [-0.05, 0) is 144 Å². The summed E-state index contributed by atoms with van der Waals surface area (Å²) in [6, 6.07) is 52.5. The van der Waals surface area contributed by atoms with Crippen LogP contribution in [0.5, 0.6) is 0 Å². The van der Waals surface area contributed by atoms with Gasteiger partial charge in [0.25, 0.3) is 28.1 Å². The molecule has 0 aliphatic carbocycles. The fraction of sp³-hybridized carbons (Fsp3) is 0.146. The minimum absolute atomic E-state index is 0.0720. The largest absolute Gasteiger partial charge is 0.444 e. The first-order chi connectivity index (χ1) is 67.0. The molecule has 38 nitrogen and oxygen atoms in total. The third kappa shape index (κ3) is 18.6. The molecule has 0 fully saturated rings. The number of oxazole rings is 2. The number of aromatic nitrogens is 22. The number of aryl methyl sites for hydroxylation is 3. The lowest BCUT2D eigenvalue weighted by Crippen LogP contribution is -2.29. The van der Waals surface area contributed by atoms with E-state index >= 15 is 0 Å². The molecule has 138 heavy (non-hydrogen) atoms. The molecule has 20 aromatic rings. The van der Waals surface area contributed by atoms with E-state index in [4.69, 9.17) is 72.4 Å². The highest BCUT2D eigenvalue weighted by Crippen LogP contribution is 2.39. The van der Waals surface area contributed by atoms with Crippen LogP contribution in [0.4, 0.5) is 59.7 Å². The predicted octanol–water partition coefficient (Wildman–Crippen LogP) is 16.3. The zero-order valence-electron chi connectivity index (χ0n) is 74.4. The van der Waals surface area contributed by atoms with Crippen LogP contribution in [0.25, 0.3) is 112 Å². The maximum atomic E-state index is 14.7. The first kappa shape index (κ1) is 91.7. The Bertz CT molecular complexity index is 7900. The van der Waals surface area contributed by atoms with Gasteiger partial charge in [-0.3, -0.25) is 37.4 Å². The highest BCUT2D eigenvalue weighted by Gasteiger charge is 2.32. The summed E-state index contributed by atoms with van der Waals surface area (Å²) in [5.74, 6) is 3.91. The van der Waals surface area contributed by atoms with Crippen molar-refractivity contribution in [2.45, 2.75) is 91.9 Å². The van der Waals surface area contributed by atoms with E-state index in [-0.39, 0.29) is 85.0 Å². The number of hydrogen-bond acceptors (Lipinski definition) is 34. The number of nitrogen functional groups attached to an aromatic ring is 4. The van der Waals surface area contributed by atoms with Gasteiger partial charge in [-0.1, -0.05) is 140 Å². The molecule has 0 aliphatic heterocycles. The minimum Gasteiger partial charge on any atom is -0.444 e. The minimum atomic E-state index is -0.629. The first-order valence-electron chi connectivity index (χ1n) is 42.9. The van der Waals surface area contributed by atoms with Crippen LogP contribution in [-0.4, -0.2) is 108 Å². The number of para-hydroxylation sites is 4. The van der Waals surface area contributed by atoms with Gasteiger partial charge in [0.15, 0.2) is 5.82 Å². The van der Waals surface area contributed by atoms with Crippen LogP contribution in [0.1, 0.15) is 112 Å². The molecule has 0 amide bonds. The summed E-state index contributed by atoms with van der Waals surface area (Å²) in [6.07, 6.45) is 11.1. The van der Waals surface area contributed by atoms with Crippen LogP contribution in [0.2, 0.25) is 5.02 Å². The monoisotopic (exact) mass is 1870 g/mol. The lowest BCUT2D eigenvalue weighted by Gasteiger charge is -2.23. The SMILES string of the molecule is CC[C@H](Nc1ncnc(N)c1-c1nc(C)co1)c1nc2cccc(F)c2c(=O)n1-c1ccccc1.CC[C@H](Nc1ncnc(N)c1-c1ncc(C)o1)c1nc2cccc(F)c2c(=O)n1-c1ccccc1.CC[C@H](Nc1ncnc(N)c1-c1ncon1)c1nc2cccc(F)c2c(=O)n1-c1ccccc1.Cc1noc(-c2c(N)ncnc2N[C@@H](C)c2nc3cccc(Cl)c3c(=O)n2-c2ccccc2)n1. The van der Waals surface area contributed by atoms with Crippen LogP contribution < -0.4 is 66.4 Å². The van der Waals surface area contributed by atoms with Crippen LogP contribution in [0, 0.1) is 38.2 Å². The number of halogens is 4. The van der Waals surface area contributed by atoms with E-state index in [0.717, 1.165) is 0 Å². The maximum absolute atomic E-state index is 14.7. The summed E-state index contributed by atoms with van der Waals surface area (Å²) in [7, 11) is 0. The van der Waals surface area contributed by atoms with E-state index in [2.05, 4.69) is 91.4 Å². The molecule has 0 aliphatic rings. The zero-order valence-corrected chi connectivity index (χ0v) is 75.1. The van der Waals surface area contributed by atoms with Crippen LogP contribution in [0.15, 0.2) is 275 Å². The molecule has 0 saturated heterocycles. The molecule has 0 radical (unpaired) electrons. The number of benzene rings is 8. The summed E-state index contributed by atoms with van der Waals surface area (Å²) in [4.78, 5) is 124. The molecule has 20 rings (SSSR count). The zero-order chi connectivity index (χ0) is 96.5. The Morgan fingerprint density at radius 3 is 1.12 bits per heavy atom. The van der Waals surface area contributed by atoms with Gasteiger partial charge in [0.1, 0.15) is 163 Å². The normalized spacial score (nSPS) is 12.1. The van der Waals surface area contributed by atoms with Crippen molar-refractivity contribution in [1.82, 2.24) is 108 Å². The molecule has 0 unspecified atom stereocenters. The number of nitrogens with zero attached hydrogens (tertiary/aromatic N) is 22. The van der Waals surface area contributed by atoms with Gasteiger partial charge in [-0.25, -0.2) is 82.9 Å². The lowest BCUT2D eigenvalue weighted by molar-refractivity contribution is 0.418. The van der Waals surface area contributed by atoms with Crippen molar-refractivity contribution >= 4 is 102 Å². The Hall–Kier alpha value is -18.2. The smallest absolute Gasteiger partial charge is 0.269 e. The molecule has 12 N–H and O–H groups in total. The van der Waals surface area contributed by atoms with Gasteiger partial charge in [0.2, 0.25) is 24.0 Å². The van der Waals surface area contributed by atoms with Crippen molar-refractivity contribution in [3.8, 4) is 68.5 Å². The Labute approximate surface area is 784 Å². The van der Waals surface area contributed by atoms with E-state index in [1.165, 1.54) is 92.6 Å². The van der Waals surface area contributed by atoms with Crippen LogP contribution >= 0.6 is 11.6 Å². The average Bonchev–Trinajstić information content (AvgIpc) is 1.02. The molecule has 692 valence electrons. The quantitative estimate of drug-likeness (QED) is 0.0295. The third-order valence-electron chi connectivity index (χ3n) is 21.9. The highest BCUT2D eigenvalue weighted by atomic mass is 35.5. The summed E-state index contributed by atoms with van der Waals surface area (Å²) in [5, 5.41) is 21.4. The molecule has 4 atom stereocenters. The van der Waals surface area contributed by atoms with Crippen molar-refractivity contribution in [3.63, 3.8) is 0 Å². The van der Waals surface area contributed by atoms with Crippen molar-refractivity contribution in [1.29, 1.82) is 0 Å². The van der Waals surface area contributed by atoms with Crippen LogP contribution in [0.3, 0.4) is 0 Å². The van der Waals surface area contributed by atoms with E-state index in [0.29, 0.717) is 144 Å². The van der Waals surface area contributed by atoms with Crippen molar-refractivity contribution in [2.24, 2.45) is 0 Å². The van der Waals surface area contributed by atoms with Gasteiger partial charge in [-0.15, -0.1) is 0 Å². The maximum Gasteiger partial charge on any atom is 0.269 e. The molecule has 8 aromatic carbocycles. The summed E-state index contributed by atoms with van der Waals surface area (Å²) in [5.41, 5.74) is 28.5. The van der Waals surface area contributed by atoms with Crippen molar-refractivity contribution in [3.05, 3.63) is 343 Å². The second kappa shape index (κ2) is 40.1. The molecular weight excluding hydrogens is 1790 g/mol. The summed E-state index contributed by atoms with van der Waals surface area (Å²) < 4.78 is 71.1. The van der Waals surface area contributed by atoms with Gasteiger partial charge in [-0.2, -0.15) is 9.97 Å². The first-order valence-corrected chi connectivity index (χ1v) is 43.3. The van der Waals surface area contributed by atoms with E-state index in [9.17, 15) is 32.3 Å². The fourth-order valence-electron chi connectivity index (χ4n) is 15.4. The molecule has 0 spiro atoms. The number of hydrogen-bond donors (Lipinski definition) is 8. The van der Waals surface area contributed by atoms with Gasteiger partial charge >= 0.3 is 0 Å². The third-order valence-corrected chi connectivity index (χ3v) is 22.2. The molecular formula is C96H82ClF3N30O8. The van der Waals surface area contributed by atoms with Crippen molar-refractivity contribution < 1.29 is 31.1 Å². The molecule has 0 saturated carbocycles. The number of rotatable bonds is 23. The predicted molar refractivity (Wildman–Crippen MR) is 514 cm³/mol. The number of fused-ring (bicyclic) bond motifs is 4. The van der Waals surface area contributed by atoms with Crippen LogP contribution in [-0.2, 0) is 0 Å². The van der Waals surface area contributed by atoms with Crippen molar-refractivity contribution in [2.75, 3.05) is 44.2 Å². The molecule has 42 heteroatoms.